The van der Waals surface area contributed by atoms with Crippen LogP contribution in [0.15, 0.2) is 77.4 Å². The minimum Gasteiger partial charge on any atom is -0.459 e. The van der Waals surface area contributed by atoms with Gasteiger partial charge in [-0.15, -0.1) is 0 Å². The van der Waals surface area contributed by atoms with Gasteiger partial charge in [0, 0.05) is 25.3 Å². The average molecular weight is 541 g/mol. The Labute approximate surface area is 223 Å². The molecule has 0 atom stereocenters. The zero-order valence-corrected chi connectivity index (χ0v) is 21.0. The Morgan fingerprint density at radius 1 is 0.974 bits per heavy atom. The van der Waals surface area contributed by atoms with Gasteiger partial charge in [-0.25, -0.2) is 0 Å². The summed E-state index contributed by atoms with van der Waals surface area (Å²) in [4.78, 5) is 44.4. The summed E-state index contributed by atoms with van der Waals surface area (Å²) in [7, 11) is 0. The lowest BCUT2D eigenvalue weighted by Gasteiger charge is -2.43. The van der Waals surface area contributed by atoms with E-state index >= 15 is 0 Å². The largest absolute Gasteiger partial charge is 0.459 e. The molecule has 1 aromatic heterocycles. The highest BCUT2D eigenvalue weighted by Crippen LogP contribution is 2.39. The molecule has 3 aromatic rings. The number of piperidine rings is 1. The lowest BCUT2D eigenvalue weighted by Crippen LogP contribution is -2.57. The topological polar surface area (TPSA) is 86.1 Å². The van der Waals surface area contributed by atoms with Crippen LogP contribution in [0.1, 0.15) is 34.5 Å². The minimum absolute atomic E-state index is 0.0951. The predicted octanol–water partition coefficient (Wildman–Crippen LogP) is 3.90. The lowest BCUT2D eigenvalue weighted by atomic mass is 9.85. The van der Waals surface area contributed by atoms with Crippen LogP contribution in [-0.2, 0) is 22.3 Å². The predicted molar refractivity (Wildman–Crippen MR) is 135 cm³/mol. The molecule has 0 radical (unpaired) electrons. The number of nitrogens with one attached hydrogen (secondary N) is 1. The number of hydrogen-bond donors (Lipinski definition) is 1. The van der Waals surface area contributed by atoms with E-state index in [0.29, 0.717) is 31.5 Å². The summed E-state index contributed by atoms with van der Waals surface area (Å²) in [6.07, 6.45) is -2.30. The molecule has 2 aliphatic rings. The zero-order valence-electron chi connectivity index (χ0n) is 21.0. The number of para-hydroxylation sites is 1. The van der Waals surface area contributed by atoms with Crippen LogP contribution >= 0.6 is 0 Å². The molecule has 0 unspecified atom stereocenters. The first-order valence-corrected chi connectivity index (χ1v) is 12.5. The first-order chi connectivity index (χ1) is 18.7. The third-order valence-electron chi connectivity index (χ3n) is 7.27. The van der Waals surface area contributed by atoms with Gasteiger partial charge in [-0.2, -0.15) is 13.2 Å². The van der Waals surface area contributed by atoms with Crippen LogP contribution in [0, 0.1) is 0 Å². The molecule has 1 spiro atoms. The summed E-state index contributed by atoms with van der Waals surface area (Å²) < 4.78 is 44.3. The van der Waals surface area contributed by atoms with E-state index in [0.717, 1.165) is 17.8 Å². The van der Waals surface area contributed by atoms with Crippen molar-refractivity contribution in [1.29, 1.82) is 0 Å². The molecule has 3 heterocycles. The Morgan fingerprint density at radius 3 is 2.38 bits per heavy atom. The normalized spacial score (nSPS) is 17.1. The van der Waals surface area contributed by atoms with E-state index in [4.69, 9.17) is 4.42 Å². The van der Waals surface area contributed by atoms with E-state index in [1.54, 1.807) is 17.0 Å². The monoisotopic (exact) mass is 540 g/mol. The second kappa shape index (κ2) is 10.5. The van der Waals surface area contributed by atoms with Crippen LogP contribution in [-0.4, -0.2) is 59.4 Å². The summed E-state index contributed by atoms with van der Waals surface area (Å²) in [5.74, 6) is -0.693. The second-order valence-electron chi connectivity index (χ2n) is 9.68. The molecule has 204 valence electrons. The highest BCUT2D eigenvalue weighted by Gasteiger charge is 2.54. The molecule has 5 rings (SSSR count). The lowest BCUT2D eigenvalue weighted by molar-refractivity contribution is -0.138. The summed E-state index contributed by atoms with van der Waals surface area (Å²) in [5, 5.41) is 2.63. The molecule has 11 heteroatoms. The van der Waals surface area contributed by atoms with E-state index in [-0.39, 0.29) is 37.3 Å². The van der Waals surface area contributed by atoms with Gasteiger partial charge < -0.3 is 24.4 Å². The van der Waals surface area contributed by atoms with Gasteiger partial charge in [0.1, 0.15) is 12.1 Å². The standard InChI is InChI=1S/C28H27F3N4O4/c29-28(30,31)21-7-4-6-20(16-21)17-32-24(36)18-34-19-35(22-8-2-1-3-9-22)27(26(34)38)11-13-33(14-12-27)25(37)23-10-5-15-39-23/h1-10,15-16H,11-14,17-19H2,(H,32,36). The van der Waals surface area contributed by atoms with Crippen LogP contribution < -0.4 is 10.2 Å². The van der Waals surface area contributed by atoms with Crippen molar-refractivity contribution in [1.82, 2.24) is 15.1 Å². The Morgan fingerprint density at radius 2 is 1.72 bits per heavy atom. The fourth-order valence-corrected chi connectivity index (χ4v) is 5.25. The molecule has 0 bridgehead atoms. The van der Waals surface area contributed by atoms with Crippen molar-refractivity contribution < 1.29 is 32.0 Å². The maximum Gasteiger partial charge on any atom is 0.416 e. The summed E-state index contributed by atoms with van der Waals surface area (Å²) in [6, 6.07) is 17.4. The SMILES string of the molecule is O=C(CN1CN(c2ccccc2)C2(CCN(C(=O)c3ccco3)CC2)C1=O)NCc1cccc(C(F)(F)F)c1. The molecule has 1 N–H and O–H groups in total. The van der Waals surface area contributed by atoms with E-state index in [2.05, 4.69) is 5.32 Å². The van der Waals surface area contributed by atoms with Gasteiger partial charge >= 0.3 is 6.18 Å². The minimum atomic E-state index is -4.48. The van der Waals surface area contributed by atoms with Gasteiger partial charge in [0.2, 0.25) is 5.91 Å². The number of carbonyl (C=O) groups excluding carboxylic acids is 3. The molecule has 39 heavy (non-hydrogen) atoms. The molecular formula is C28H27F3N4O4. The van der Waals surface area contributed by atoms with Gasteiger partial charge in [-0.3, -0.25) is 14.4 Å². The van der Waals surface area contributed by atoms with Crippen LogP contribution in [0.5, 0.6) is 0 Å². The Kier molecular flexibility index (Phi) is 7.07. The molecule has 0 saturated carbocycles. The summed E-state index contributed by atoms with van der Waals surface area (Å²) in [6.45, 7) is 0.514. The molecule has 2 saturated heterocycles. The second-order valence-corrected chi connectivity index (χ2v) is 9.68. The van der Waals surface area contributed by atoms with E-state index in [1.165, 1.54) is 23.3 Å². The van der Waals surface area contributed by atoms with Crippen LogP contribution in [0.4, 0.5) is 18.9 Å². The fraction of sp³-hybridized carbons (Fsp3) is 0.321. The number of amides is 3. The number of rotatable bonds is 6. The number of benzene rings is 2. The highest BCUT2D eigenvalue weighted by molar-refractivity contribution is 5.97. The number of furan rings is 1. The molecule has 0 aliphatic carbocycles. The first-order valence-electron chi connectivity index (χ1n) is 12.5. The number of carbonyl (C=O) groups is 3. The van der Waals surface area contributed by atoms with Crippen molar-refractivity contribution in [2.24, 2.45) is 0 Å². The van der Waals surface area contributed by atoms with E-state index in [9.17, 15) is 27.6 Å². The van der Waals surface area contributed by atoms with Crippen molar-refractivity contribution in [2.45, 2.75) is 31.1 Å². The van der Waals surface area contributed by atoms with Crippen LogP contribution in [0.25, 0.3) is 0 Å². The van der Waals surface area contributed by atoms with Crippen LogP contribution in [0.2, 0.25) is 0 Å². The quantitative estimate of drug-likeness (QED) is 0.513. The maximum atomic E-state index is 13.8. The number of nitrogens with zero attached hydrogens (tertiary/aromatic N) is 3. The molecule has 8 nitrogen and oxygen atoms in total. The molecular weight excluding hydrogens is 513 g/mol. The van der Waals surface area contributed by atoms with Crippen molar-refractivity contribution in [3.05, 3.63) is 89.9 Å². The van der Waals surface area contributed by atoms with Gasteiger partial charge in [0.15, 0.2) is 5.76 Å². The van der Waals surface area contributed by atoms with Gasteiger partial charge in [-0.1, -0.05) is 30.3 Å². The van der Waals surface area contributed by atoms with Crippen molar-refractivity contribution in [2.75, 3.05) is 31.2 Å². The molecule has 2 aliphatic heterocycles. The van der Waals surface area contributed by atoms with Gasteiger partial charge in [0.25, 0.3) is 11.8 Å². The average Bonchev–Trinajstić information content (AvgIpc) is 3.56. The molecule has 3 amide bonds. The fourth-order valence-electron chi connectivity index (χ4n) is 5.25. The summed E-state index contributed by atoms with van der Waals surface area (Å²) >= 11 is 0. The number of likely N-dealkylation sites (tertiary alicyclic amines) is 1. The smallest absolute Gasteiger partial charge is 0.416 e. The zero-order chi connectivity index (χ0) is 27.6. The maximum absolute atomic E-state index is 13.8. The Bertz CT molecular complexity index is 1340. The van der Waals surface area contributed by atoms with Crippen molar-refractivity contribution >= 4 is 23.4 Å². The number of anilines is 1. The van der Waals surface area contributed by atoms with Gasteiger partial charge in [0.05, 0.1) is 18.5 Å². The van der Waals surface area contributed by atoms with E-state index in [1.807, 2.05) is 35.2 Å². The molecule has 2 fully saturated rings. The Balaban J connectivity index is 1.28. The number of halogens is 3. The highest BCUT2D eigenvalue weighted by atomic mass is 19.4. The van der Waals surface area contributed by atoms with Crippen LogP contribution in [0.3, 0.4) is 0 Å². The summed E-state index contributed by atoms with van der Waals surface area (Å²) in [5.41, 5.74) is -0.588. The van der Waals surface area contributed by atoms with Crippen molar-refractivity contribution in [3.63, 3.8) is 0 Å². The first kappa shape index (κ1) is 26.3. The Hall–Kier alpha value is -4.28. The third-order valence-corrected chi connectivity index (χ3v) is 7.27. The van der Waals surface area contributed by atoms with Gasteiger partial charge in [-0.05, 0) is 54.8 Å². The van der Waals surface area contributed by atoms with E-state index < -0.39 is 23.2 Å². The molecule has 2 aromatic carbocycles. The number of alkyl halides is 3. The number of hydrogen-bond acceptors (Lipinski definition) is 5. The van der Waals surface area contributed by atoms with Crippen molar-refractivity contribution in [3.8, 4) is 0 Å². The third kappa shape index (κ3) is 5.34.